The van der Waals surface area contributed by atoms with Gasteiger partial charge in [-0.05, 0) is 19.9 Å². The van der Waals surface area contributed by atoms with Crippen molar-refractivity contribution in [3.05, 3.63) is 0 Å². The zero-order valence-corrected chi connectivity index (χ0v) is 7.71. The minimum atomic E-state index is 0.637. The Hall–Kier alpha value is -0.590. The van der Waals surface area contributed by atoms with E-state index >= 15 is 0 Å². The van der Waals surface area contributed by atoms with Crippen LogP contribution < -0.4 is 5.32 Å². The summed E-state index contributed by atoms with van der Waals surface area (Å²) in [5.41, 5.74) is 0. The molecule has 1 saturated heterocycles. The van der Waals surface area contributed by atoms with E-state index in [1.165, 1.54) is 0 Å². The van der Waals surface area contributed by atoms with E-state index in [4.69, 9.17) is 5.26 Å². The van der Waals surface area contributed by atoms with E-state index in [9.17, 15) is 0 Å². The van der Waals surface area contributed by atoms with Crippen molar-refractivity contribution >= 4 is 0 Å². The summed E-state index contributed by atoms with van der Waals surface area (Å²) in [5.74, 6) is 0. The molecule has 1 aliphatic heterocycles. The topological polar surface area (TPSA) is 39.1 Å². The highest BCUT2D eigenvalue weighted by Crippen LogP contribution is 2.03. The van der Waals surface area contributed by atoms with Gasteiger partial charge < -0.3 is 5.32 Å². The Labute approximate surface area is 74.4 Å². The summed E-state index contributed by atoms with van der Waals surface area (Å²) in [4.78, 5) is 2.45. The third-order valence-electron chi connectivity index (χ3n) is 2.37. The zero-order valence-electron chi connectivity index (χ0n) is 7.71. The molecule has 1 atom stereocenters. The molecule has 0 aromatic heterocycles. The van der Waals surface area contributed by atoms with Crippen LogP contribution in [0.1, 0.15) is 19.8 Å². The zero-order chi connectivity index (χ0) is 8.81. The Morgan fingerprint density at radius 3 is 3.17 bits per heavy atom. The lowest BCUT2D eigenvalue weighted by atomic mass is 10.2. The fraction of sp³-hybridized carbons (Fsp3) is 0.889. The van der Waals surface area contributed by atoms with Gasteiger partial charge in [0.05, 0.1) is 6.07 Å². The third-order valence-corrected chi connectivity index (χ3v) is 2.37. The number of hydrogen-bond acceptors (Lipinski definition) is 3. The normalized spacial score (nSPS) is 25.2. The molecule has 1 aliphatic rings. The van der Waals surface area contributed by atoms with Gasteiger partial charge in [-0.3, -0.25) is 4.90 Å². The lowest BCUT2D eigenvalue weighted by Gasteiger charge is -2.33. The van der Waals surface area contributed by atoms with Crippen molar-refractivity contribution < 1.29 is 0 Å². The largest absolute Gasteiger partial charge is 0.314 e. The molecule has 12 heavy (non-hydrogen) atoms. The summed E-state index contributed by atoms with van der Waals surface area (Å²) in [6.45, 7) is 6.63. The highest BCUT2D eigenvalue weighted by atomic mass is 15.2. The van der Waals surface area contributed by atoms with Crippen molar-refractivity contribution in [2.45, 2.75) is 25.8 Å². The van der Waals surface area contributed by atoms with Crippen LogP contribution in [0.5, 0.6) is 0 Å². The van der Waals surface area contributed by atoms with E-state index < -0.39 is 0 Å². The minimum absolute atomic E-state index is 0.637. The summed E-state index contributed by atoms with van der Waals surface area (Å²) in [6.07, 6.45) is 1.71. The molecule has 0 amide bonds. The molecule has 1 heterocycles. The van der Waals surface area contributed by atoms with E-state index in [1.807, 2.05) is 0 Å². The molecule has 0 spiro atoms. The predicted octanol–water partition coefficient (Wildman–Crippen LogP) is 0.584. The maximum atomic E-state index is 8.38. The average Bonchev–Trinajstić information content (AvgIpc) is 2.09. The molecule has 0 saturated carbocycles. The number of nitrogens with zero attached hydrogens (tertiary/aromatic N) is 2. The van der Waals surface area contributed by atoms with Gasteiger partial charge in [0.2, 0.25) is 0 Å². The van der Waals surface area contributed by atoms with Crippen molar-refractivity contribution in [1.29, 1.82) is 5.26 Å². The van der Waals surface area contributed by atoms with Crippen LogP contribution in [0, 0.1) is 11.3 Å². The maximum absolute atomic E-state index is 8.38. The van der Waals surface area contributed by atoms with E-state index in [2.05, 4.69) is 23.2 Å². The van der Waals surface area contributed by atoms with Crippen molar-refractivity contribution in [2.24, 2.45) is 0 Å². The third kappa shape index (κ3) is 2.80. The Bertz CT molecular complexity index is 162. The summed E-state index contributed by atoms with van der Waals surface area (Å²) in [6, 6.07) is 2.82. The second-order valence-corrected chi connectivity index (χ2v) is 3.35. The Kier molecular flexibility index (Phi) is 4.06. The van der Waals surface area contributed by atoms with Crippen LogP contribution in [0.15, 0.2) is 0 Å². The van der Waals surface area contributed by atoms with Gasteiger partial charge in [-0.15, -0.1) is 0 Å². The summed E-state index contributed by atoms with van der Waals surface area (Å²) in [7, 11) is 0. The van der Waals surface area contributed by atoms with Gasteiger partial charge >= 0.3 is 0 Å². The van der Waals surface area contributed by atoms with Crippen LogP contribution in [0.4, 0.5) is 0 Å². The lowest BCUT2D eigenvalue weighted by Crippen LogP contribution is -2.49. The van der Waals surface area contributed by atoms with Gasteiger partial charge in [-0.2, -0.15) is 5.26 Å². The molecule has 1 N–H and O–H groups in total. The quantitative estimate of drug-likeness (QED) is 0.625. The Morgan fingerprint density at radius 2 is 2.50 bits per heavy atom. The Morgan fingerprint density at radius 1 is 1.67 bits per heavy atom. The van der Waals surface area contributed by atoms with Gasteiger partial charge in [0.25, 0.3) is 0 Å². The van der Waals surface area contributed by atoms with Crippen molar-refractivity contribution in [1.82, 2.24) is 10.2 Å². The van der Waals surface area contributed by atoms with Crippen molar-refractivity contribution in [3.8, 4) is 6.07 Å². The van der Waals surface area contributed by atoms with E-state index in [1.54, 1.807) is 0 Å². The molecule has 0 aromatic rings. The van der Waals surface area contributed by atoms with E-state index in [-0.39, 0.29) is 0 Å². The summed E-state index contributed by atoms with van der Waals surface area (Å²) in [5, 5.41) is 11.7. The molecule has 0 aliphatic carbocycles. The van der Waals surface area contributed by atoms with Gasteiger partial charge in [-0.25, -0.2) is 0 Å². The fourth-order valence-corrected chi connectivity index (χ4v) is 1.58. The monoisotopic (exact) mass is 167 g/mol. The van der Waals surface area contributed by atoms with Gasteiger partial charge in [-0.1, -0.05) is 0 Å². The molecule has 0 radical (unpaired) electrons. The Balaban J connectivity index is 2.16. The van der Waals surface area contributed by atoms with Gasteiger partial charge in [0.1, 0.15) is 0 Å². The molecule has 68 valence electrons. The number of piperazine rings is 1. The molecule has 3 heteroatoms. The molecule has 0 aromatic carbocycles. The molecule has 0 bridgehead atoms. The molecule has 1 rings (SSSR count). The molecular weight excluding hydrogens is 150 g/mol. The van der Waals surface area contributed by atoms with Gasteiger partial charge in [0.15, 0.2) is 0 Å². The second-order valence-electron chi connectivity index (χ2n) is 3.35. The highest BCUT2D eigenvalue weighted by Gasteiger charge is 2.16. The first-order valence-electron chi connectivity index (χ1n) is 4.66. The van der Waals surface area contributed by atoms with E-state index in [0.717, 1.165) is 32.6 Å². The van der Waals surface area contributed by atoms with Crippen LogP contribution in [-0.2, 0) is 0 Å². The molecule has 1 unspecified atom stereocenters. The van der Waals surface area contributed by atoms with Crippen molar-refractivity contribution in [3.63, 3.8) is 0 Å². The number of nitriles is 1. The standard InChI is InChI=1S/C9H17N3/c1-9-8-11-5-7-12(9)6-3-2-4-10/h9,11H,2-3,5-8H2,1H3. The maximum Gasteiger partial charge on any atom is 0.0622 e. The molecule has 1 fully saturated rings. The number of unbranched alkanes of at least 4 members (excludes halogenated alkanes) is 1. The minimum Gasteiger partial charge on any atom is -0.314 e. The van der Waals surface area contributed by atoms with E-state index in [0.29, 0.717) is 12.5 Å². The van der Waals surface area contributed by atoms with Crippen LogP contribution in [0.2, 0.25) is 0 Å². The number of hydrogen-bond donors (Lipinski definition) is 1. The highest BCUT2D eigenvalue weighted by molar-refractivity contribution is 4.77. The second kappa shape index (κ2) is 5.13. The van der Waals surface area contributed by atoms with Crippen LogP contribution in [0.25, 0.3) is 0 Å². The smallest absolute Gasteiger partial charge is 0.0622 e. The average molecular weight is 167 g/mol. The SMILES string of the molecule is CC1CNCCN1CCCC#N. The predicted molar refractivity (Wildman–Crippen MR) is 48.8 cm³/mol. The number of nitrogens with one attached hydrogen (secondary N) is 1. The fourth-order valence-electron chi connectivity index (χ4n) is 1.58. The first-order valence-corrected chi connectivity index (χ1v) is 4.66. The van der Waals surface area contributed by atoms with Crippen LogP contribution in [0.3, 0.4) is 0 Å². The lowest BCUT2D eigenvalue weighted by molar-refractivity contribution is 0.172. The van der Waals surface area contributed by atoms with Crippen LogP contribution in [-0.4, -0.2) is 37.1 Å². The number of rotatable bonds is 3. The van der Waals surface area contributed by atoms with Crippen molar-refractivity contribution in [2.75, 3.05) is 26.2 Å². The summed E-state index contributed by atoms with van der Waals surface area (Å²) >= 11 is 0. The van der Waals surface area contributed by atoms with Gasteiger partial charge in [0, 0.05) is 32.1 Å². The van der Waals surface area contributed by atoms with Crippen LogP contribution >= 0.6 is 0 Å². The summed E-state index contributed by atoms with van der Waals surface area (Å²) < 4.78 is 0. The molecule has 3 nitrogen and oxygen atoms in total. The first-order chi connectivity index (χ1) is 5.84. The first kappa shape index (κ1) is 9.50. The molecular formula is C9H17N3.